The maximum Gasteiger partial charge on any atom is 0.275 e. The molecule has 5 rings (SSSR count). The molecule has 3 aromatic carbocycles. The Morgan fingerprint density at radius 1 is 0.911 bits per heavy atom. The topological polar surface area (TPSA) is 143 Å². The largest absolute Gasteiger partial charge is 0.507 e. The number of nitrogens with zero attached hydrogens (tertiary/aromatic N) is 3. The lowest BCUT2D eigenvalue weighted by atomic mass is 9.98. The van der Waals surface area contributed by atoms with Gasteiger partial charge in [0.15, 0.2) is 0 Å². The Kier molecular flexibility index (Phi) is 9.76. The second-order valence-corrected chi connectivity index (χ2v) is 11.1. The van der Waals surface area contributed by atoms with E-state index in [0.29, 0.717) is 72.4 Å². The highest BCUT2D eigenvalue weighted by Crippen LogP contribution is 2.33. The molecule has 0 spiro atoms. The third-order valence-electron chi connectivity index (χ3n) is 7.96. The maximum atomic E-state index is 13.5. The van der Waals surface area contributed by atoms with Gasteiger partial charge in [-0.2, -0.15) is 5.10 Å². The number of aromatic nitrogens is 2. The number of amides is 3. The molecule has 1 aliphatic rings. The molecule has 0 fully saturated rings. The number of hydrogen-bond donors (Lipinski definition) is 3. The monoisotopic (exact) mass is 611 g/mol. The molecule has 11 nitrogen and oxygen atoms in total. The van der Waals surface area contributed by atoms with Crippen molar-refractivity contribution >= 4 is 28.5 Å². The van der Waals surface area contributed by atoms with Crippen molar-refractivity contribution in [3.05, 3.63) is 87.8 Å². The molecule has 2 heterocycles. The van der Waals surface area contributed by atoms with Gasteiger partial charge in [0.25, 0.3) is 11.5 Å². The molecule has 0 atom stereocenters. The van der Waals surface area contributed by atoms with E-state index in [9.17, 15) is 24.3 Å². The first kappa shape index (κ1) is 31.2. The molecule has 234 valence electrons. The number of aryl methyl sites for hydroxylation is 1. The van der Waals surface area contributed by atoms with Crippen LogP contribution in [0.5, 0.6) is 11.5 Å². The summed E-state index contributed by atoms with van der Waals surface area (Å²) >= 11 is 0. The predicted molar refractivity (Wildman–Crippen MR) is 170 cm³/mol. The fraction of sp³-hybridized carbons (Fsp3) is 0.324. The number of carbonyl (C=O) groups is 3. The van der Waals surface area contributed by atoms with Crippen LogP contribution in [0.15, 0.2) is 65.5 Å². The van der Waals surface area contributed by atoms with E-state index in [1.54, 1.807) is 54.3 Å². The molecule has 0 unspecified atom stereocenters. The van der Waals surface area contributed by atoms with Crippen molar-refractivity contribution in [3.63, 3.8) is 0 Å². The molecule has 3 amide bonds. The highest BCUT2D eigenvalue weighted by atomic mass is 16.5. The zero-order chi connectivity index (χ0) is 31.9. The van der Waals surface area contributed by atoms with Gasteiger partial charge in [-0.15, -0.1) is 0 Å². The van der Waals surface area contributed by atoms with Crippen LogP contribution in [0.1, 0.15) is 40.9 Å². The second-order valence-electron chi connectivity index (χ2n) is 11.1. The van der Waals surface area contributed by atoms with Gasteiger partial charge in [-0.05, 0) is 67.6 Å². The van der Waals surface area contributed by atoms with E-state index in [4.69, 9.17) is 4.74 Å². The first-order valence-corrected chi connectivity index (χ1v) is 15.0. The first-order valence-electron chi connectivity index (χ1n) is 15.0. The number of rotatable bonds is 3. The summed E-state index contributed by atoms with van der Waals surface area (Å²) in [6.45, 7) is 2.84. The number of phenols is 1. The van der Waals surface area contributed by atoms with Gasteiger partial charge < -0.3 is 25.4 Å². The van der Waals surface area contributed by atoms with Crippen LogP contribution in [-0.2, 0) is 22.6 Å². The van der Waals surface area contributed by atoms with E-state index in [1.165, 1.54) is 11.8 Å². The van der Waals surface area contributed by atoms with E-state index < -0.39 is 0 Å². The van der Waals surface area contributed by atoms with Crippen molar-refractivity contribution in [2.75, 3.05) is 33.3 Å². The van der Waals surface area contributed by atoms with Crippen LogP contribution in [0.25, 0.3) is 21.9 Å². The number of ether oxygens (including phenoxy) is 1. The lowest BCUT2D eigenvalue weighted by Crippen LogP contribution is -2.40. The fourth-order valence-corrected chi connectivity index (χ4v) is 5.56. The summed E-state index contributed by atoms with van der Waals surface area (Å²) in [6.07, 6.45) is 1.63. The van der Waals surface area contributed by atoms with Gasteiger partial charge in [-0.25, -0.2) is 4.68 Å². The Bertz CT molecular complexity index is 1800. The van der Waals surface area contributed by atoms with Crippen LogP contribution in [0.3, 0.4) is 0 Å². The van der Waals surface area contributed by atoms with Gasteiger partial charge in [0, 0.05) is 43.5 Å². The van der Waals surface area contributed by atoms with Gasteiger partial charge >= 0.3 is 0 Å². The minimum absolute atomic E-state index is 0.0753. The maximum absolute atomic E-state index is 13.5. The molecular formula is C34H37N5O6. The fourth-order valence-electron chi connectivity index (χ4n) is 5.56. The van der Waals surface area contributed by atoms with E-state index >= 15 is 0 Å². The van der Waals surface area contributed by atoms with Crippen LogP contribution in [-0.4, -0.2) is 70.8 Å². The quantitative estimate of drug-likeness (QED) is 0.323. The number of benzene rings is 3. The molecule has 0 saturated carbocycles. The first-order chi connectivity index (χ1) is 21.7. The van der Waals surface area contributed by atoms with Gasteiger partial charge in [0.05, 0.1) is 23.8 Å². The van der Waals surface area contributed by atoms with Crippen LogP contribution < -0.4 is 20.9 Å². The van der Waals surface area contributed by atoms with E-state index in [-0.39, 0.29) is 48.5 Å². The number of nitrogens with one attached hydrogen (secondary N) is 2. The second kappa shape index (κ2) is 14.1. The lowest BCUT2D eigenvalue weighted by molar-refractivity contribution is -0.132. The Morgan fingerprint density at radius 3 is 2.49 bits per heavy atom. The number of aromatic hydroxyl groups is 1. The highest BCUT2D eigenvalue weighted by Gasteiger charge is 2.19. The Balaban J connectivity index is 1.36. The summed E-state index contributed by atoms with van der Waals surface area (Å²) in [5.74, 6) is -0.315. The van der Waals surface area contributed by atoms with Crippen molar-refractivity contribution < 1.29 is 24.2 Å². The van der Waals surface area contributed by atoms with Gasteiger partial charge in [-0.1, -0.05) is 30.3 Å². The molecular weight excluding hydrogens is 574 g/mol. The number of hydrogen-bond acceptors (Lipinski definition) is 7. The zero-order valence-electron chi connectivity index (χ0n) is 25.5. The molecule has 3 N–H and O–H groups in total. The van der Waals surface area contributed by atoms with Crippen LogP contribution in [0, 0.1) is 6.92 Å². The summed E-state index contributed by atoms with van der Waals surface area (Å²) in [5, 5.41) is 22.0. The van der Waals surface area contributed by atoms with Crippen molar-refractivity contribution in [2.45, 2.75) is 39.2 Å². The lowest BCUT2D eigenvalue weighted by Gasteiger charge is -2.23. The van der Waals surface area contributed by atoms with Crippen molar-refractivity contribution in [1.29, 1.82) is 0 Å². The van der Waals surface area contributed by atoms with Crippen molar-refractivity contribution in [1.82, 2.24) is 25.3 Å². The third-order valence-corrected chi connectivity index (χ3v) is 7.96. The molecule has 0 aliphatic carbocycles. The molecule has 45 heavy (non-hydrogen) atoms. The van der Waals surface area contributed by atoms with Crippen LogP contribution in [0.4, 0.5) is 0 Å². The minimum atomic E-state index is -0.350. The van der Waals surface area contributed by atoms with Crippen molar-refractivity contribution in [2.24, 2.45) is 0 Å². The highest BCUT2D eigenvalue weighted by molar-refractivity contribution is 5.98. The predicted octanol–water partition coefficient (Wildman–Crippen LogP) is 3.19. The Morgan fingerprint density at radius 2 is 1.69 bits per heavy atom. The summed E-state index contributed by atoms with van der Waals surface area (Å²) in [6, 6.07) is 17.5. The van der Waals surface area contributed by atoms with E-state index in [0.717, 1.165) is 10.9 Å². The minimum Gasteiger partial charge on any atom is -0.507 e. The number of phenolic OH excluding ortho intramolecular Hbond substituents is 1. The molecule has 1 aromatic heterocycles. The molecule has 11 heteroatoms. The average Bonchev–Trinajstić information content (AvgIpc) is 3.04. The van der Waals surface area contributed by atoms with E-state index in [1.807, 2.05) is 18.2 Å². The standard InChI is InChI=1S/C34H37N5O6/c1-22-25-7-3-4-8-26(25)34(44)39(37-22)21-32(42)38-17-5-9-31(41)35-16-14-23-10-12-29(40)27(19-23)24-11-13-30(45-2)28(20-24)33(43)36-15-6-18-38/h3-4,7-8,10-13,19-20,40H,5-6,9,14-18,21H2,1-2H3,(H,35,41)(H,36,43). The number of carbonyl (C=O) groups excluding carboxylic acids is 3. The molecule has 0 saturated heterocycles. The normalized spacial score (nSPS) is 14.9. The van der Waals surface area contributed by atoms with E-state index in [2.05, 4.69) is 15.7 Å². The summed E-state index contributed by atoms with van der Waals surface area (Å²) in [4.78, 5) is 54.1. The average molecular weight is 612 g/mol. The molecule has 4 bridgehead atoms. The summed E-state index contributed by atoms with van der Waals surface area (Å²) in [7, 11) is 1.49. The van der Waals surface area contributed by atoms with Crippen LogP contribution in [0.2, 0.25) is 0 Å². The Labute approximate surface area is 260 Å². The molecule has 0 radical (unpaired) electrons. The van der Waals surface area contributed by atoms with Crippen molar-refractivity contribution in [3.8, 4) is 22.6 Å². The van der Waals surface area contributed by atoms with Crippen LogP contribution >= 0.6 is 0 Å². The summed E-state index contributed by atoms with van der Waals surface area (Å²) < 4.78 is 6.63. The molecule has 1 aliphatic heterocycles. The van der Waals surface area contributed by atoms with Gasteiger partial charge in [-0.3, -0.25) is 19.2 Å². The SMILES string of the molecule is COc1ccc2cc1C(=O)NCCCN(C(=O)Cn1nc(C)c3ccccc3c1=O)CCCC(=O)NCCc1ccc(O)c-2c1. The number of methoxy groups -OCH3 is 1. The molecule has 4 aromatic rings. The number of fused-ring (bicyclic) bond motifs is 6. The Hall–Kier alpha value is -5.19. The summed E-state index contributed by atoms with van der Waals surface area (Å²) in [5.41, 5.74) is 2.74. The van der Waals surface area contributed by atoms with Gasteiger partial charge in [0.1, 0.15) is 18.0 Å². The smallest absolute Gasteiger partial charge is 0.275 e. The zero-order valence-corrected chi connectivity index (χ0v) is 25.5. The third kappa shape index (κ3) is 7.31. The van der Waals surface area contributed by atoms with Gasteiger partial charge in [0.2, 0.25) is 11.8 Å².